The minimum Gasteiger partial charge on any atom is -0.480 e. The van der Waals surface area contributed by atoms with Crippen LogP contribution in [0.5, 0.6) is 11.5 Å². The summed E-state index contributed by atoms with van der Waals surface area (Å²) < 4.78 is 31.1. The normalized spacial score (nSPS) is 14.2. The second-order valence-corrected chi connectivity index (χ2v) is 10.8. The Morgan fingerprint density at radius 3 is 1.62 bits per heavy atom. The van der Waals surface area contributed by atoms with E-state index in [9.17, 15) is 24.3 Å². The largest absolute Gasteiger partial charge is 0.513 e. The van der Waals surface area contributed by atoms with Crippen LogP contribution in [-0.2, 0) is 23.7 Å². The van der Waals surface area contributed by atoms with Gasteiger partial charge in [0.2, 0.25) is 0 Å². The van der Waals surface area contributed by atoms with Gasteiger partial charge in [0.1, 0.15) is 12.1 Å². The fourth-order valence-electron chi connectivity index (χ4n) is 3.42. The number of aliphatic carboxylic acids is 1. The highest BCUT2D eigenvalue weighted by Gasteiger charge is 2.36. The molecule has 0 spiro atoms. The quantitative estimate of drug-likeness (QED) is 0.167. The van der Waals surface area contributed by atoms with E-state index < -0.39 is 48.4 Å². The summed E-state index contributed by atoms with van der Waals surface area (Å²) in [5, 5.41) is 9.74. The van der Waals surface area contributed by atoms with Crippen molar-refractivity contribution >= 4 is 24.4 Å². The first-order valence-electron chi connectivity index (χ1n) is 13.3. The summed E-state index contributed by atoms with van der Waals surface area (Å²) in [4.78, 5) is 48.6. The zero-order valence-corrected chi connectivity index (χ0v) is 24.5. The molecule has 226 valence electrons. The average molecular weight is 570 g/mol. The van der Waals surface area contributed by atoms with E-state index in [1.165, 1.54) is 18.2 Å². The molecular weight excluding hydrogens is 526 g/mol. The molecule has 0 heterocycles. The molecule has 12 nitrogen and oxygen atoms in total. The molecule has 0 bridgehead atoms. The molecule has 0 fully saturated rings. The molecule has 0 amide bonds. The Hall–Kier alpha value is -3.54. The lowest BCUT2D eigenvalue weighted by atomic mass is 9.79. The van der Waals surface area contributed by atoms with Gasteiger partial charge in [-0.05, 0) is 42.4 Å². The van der Waals surface area contributed by atoms with Gasteiger partial charge in [0.05, 0.1) is 19.8 Å². The van der Waals surface area contributed by atoms with Crippen molar-refractivity contribution in [1.29, 1.82) is 0 Å². The van der Waals surface area contributed by atoms with Crippen LogP contribution in [0.25, 0.3) is 0 Å². The molecule has 0 radical (unpaired) electrons. The third-order valence-corrected chi connectivity index (χ3v) is 5.60. The van der Waals surface area contributed by atoms with E-state index in [-0.39, 0.29) is 49.1 Å². The molecule has 0 aromatic heterocycles. The Morgan fingerprint density at radius 1 is 0.725 bits per heavy atom. The van der Waals surface area contributed by atoms with Crippen LogP contribution in [0.3, 0.4) is 0 Å². The molecule has 40 heavy (non-hydrogen) atoms. The highest BCUT2D eigenvalue weighted by atomic mass is 16.7. The monoisotopic (exact) mass is 569 g/mol. The highest BCUT2D eigenvalue weighted by Crippen LogP contribution is 2.37. The summed E-state index contributed by atoms with van der Waals surface area (Å²) >= 11 is 0. The maximum Gasteiger partial charge on any atom is 0.513 e. The van der Waals surface area contributed by atoms with E-state index in [0.717, 1.165) is 0 Å². The topological polar surface area (TPSA) is 170 Å². The molecule has 3 unspecified atom stereocenters. The van der Waals surface area contributed by atoms with Gasteiger partial charge in [-0.2, -0.15) is 0 Å². The second kappa shape index (κ2) is 16.5. The van der Waals surface area contributed by atoms with E-state index in [1.807, 2.05) is 41.5 Å². The smallest absolute Gasteiger partial charge is 0.480 e. The first-order valence-corrected chi connectivity index (χ1v) is 13.3. The van der Waals surface area contributed by atoms with Crippen LogP contribution < -0.4 is 15.2 Å². The summed E-state index contributed by atoms with van der Waals surface area (Å²) in [5.41, 5.74) is 6.39. The van der Waals surface area contributed by atoms with Gasteiger partial charge in [-0.25, -0.2) is 14.4 Å². The maximum absolute atomic E-state index is 12.4. The lowest BCUT2D eigenvalue weighted by Crippen LogP contribution is -2.42. The number of benzene rings is 1. The Balaban J connectivity index is 3.37. The van der Waals surface area contributed by atoms with Gasteiger partial charge in [0.15, 0.2) is 11.5 Å². The van der Waals surface area contributed by atoms with Crippen LogP contribution in [0.1, 0.15) is 66.9 Å². The minimum absolute atomic E-state index is 0.0353. The number of carbonyl (C=O) groups is 4. The predicted octanol–water partition coefficient (Wildman–Crippen LogP) is 5.36. The summed E-state index contributed by atoms with van der Waals surface area (Å²) in [7, 11) is 0. The van der Waals surface area contributed by atoms with E-state index in [0.29, 0.717) is 5.56 Å². The zero-order valence-electron chi connectivity index (χ0n) is 24.5. The molecular formula is C28H43NO11. The molecule has 1 aromatic carbocycles. The summed E-state index contributed by atoms with van der Waals surface area (Å²) in [6.07, 6.45) is -3.77. The molecule has 12 heteroatoms. The number of ether oxygens (including phenoxy) is 6. The average Bonchev–Trinajstić information content (AvgIpc) is 2.86. The van der Waals surface area contributed by atoms with Crippen molar-refractivity contribution in [1.82, 2.24) is 0 Å². The van der Waals surface area contributed by atoms with Crippen molar-refractivity contribution in [3.05, 3.63) is 23.8 Å². The number of carbonyl (C=O) groups excluding carboxylic acids is 3. The fraction of sp³-hybridized carbons (Fsp3) is 0.643. The number of hydrogen-bond acceptors (Lipinski definition) is 11. The number of nitrogens with two attached hydrogens (primary N) is 1. The molecule has 4 atom stereocenters. The van der Waals surface area contributed by atoms with Crippen molar-refractivity contribution in [2.45, 2.75) is 73.5 Å². The molecule has 1 rings (SSSR count). The predicted molar refractivity (Wildman–Crippen MR) is 144 cm³/mol. The number of carboxylic acids is 1. The lowest BCUT2D eigenvalue weighted by Gasteiger charge is -2.31. The van der Waals surface area contributed by atoms with Gasteiger partial charge in [-0.3, -0.25) is 4.79 Å². The summed E-state index contributed by atoms with van der Waals surface area (Å²) in [6.45, 7) is 14.7. The maximum atomic E-state index is 12.4. The van der Waals surface area contributed by atoms with Gasteiger partial charge in [-0.15, -0.1) is 0 Å². The van der Waals surface area contributed by atoms with E-state index >= 15 is 0 Å². The number of carboxylic acid groups (broad SMARTS) is 1. The van der Waals surface area contributed by atoms with Crippen LogP contribution in [0.4, 0.5) is 14.4 Å². The van der Waals surface area contributed by atoms with Gasteiger partial charge < -0.3 is 39.3 Å². The molecule has 0 saturated carbocycles. The SMILES string of the molecule is CC(C)COC(=O)Oc1ccc(C(C(C)C(C)OC(=O)OCC(C)C)[C@H](N)C(=O)O)cc1OC(=O)OCC(C)C. The van der Waals surface area contributed by atoms with Crippen molar-refractivity contribution in [3.8, 4) is 11.5 Å². The van der Waals surface area contributed by atoms with Crippen LogP contribution in [0, 0.1) is 23.7 Å². The van der Waals surface area contributed by atoms with Crippen LogP contribution in [-0.4, -0.2) is 61.5 Å². The Labute approximate surface area is 235 Å². The van der Waals surface area contributed by atoms with Crippen molar-refractivity contribution in [2.75, 3.05) is 19.8 Å². The lowest BCUT2D eigenvalue weighted by molar-refractivity contribution is -0.139. The van der Waals surface area contributed by atoms with Crippen molar-refractivity contribution < 1.29 is 52.7 Å². The molecule has 0 saturated heterocycles. The first-order chi connectivity index (χ1) is 18.6. The summed E-state index contributed by atoms with van der Waals surface area (Å²) in [6, 6.07) is 2.70. The van der Waals surface area contributed by atoms with E-state index in [4.69, 9.17) is 34.2 Å². The van der Waals surface area contributed by atoms with Crippen LogP contribution >= 0.6 is 0 Å². The van der Waals surface area contributed by atoms with Crippen molar-refractivity contribution in [2.24, 2.45) is 29.4 Å². The first kappa shape index (κ1) is 34.5. The zero-order chi connectivity index (χ0) is 30.6. The summed E-state index contributed by atoms with van der Waals surface area (Å²) in [5.74, 6) is -3.05. The van der Waals surface area contributed by atoms with Gasteiger partial charge in [-0.1, -0.05) is 54.5 Å². The van der Waals surface area contributed by atoms with Crippen molar-refractivity contribution in [3.63, 3.8) is 0 Å². The Bertz CT molecular complexity index is 992. The third-order valence-electron chi connectivity index (χ3n) is 5.60. The van der Waals surface area contributed by atoms with Crippen LogP contribution in [0.2, 0.25) is 0 Å². The Morgan fingerprint density at radius 2 is 1.18 bits per heavy atom. The van der Waals surface area contributed by atoms with E-state index in [2.05, 4.69) is 0 Å². The van der Waals surface area contributed by atoms with Gasteiger partial charge >= 0.3 is 24.4 Å². The third kappa shape index (κ3) is 12.1. The van der Waals surface area contributed by atoms with Crippen LogP contribution in [0.15, 0.2) is 18.2 Å². The van der Waals surface area contributed by atoms with Gasteiger partial charge in [0.25, 0.3) is 0 Å². The Kier molecular flexibility index (Phi) is 14.3. The number of hydrogen-bond donors (Lipinski definition) is 2. The van der Waals surface area contributed by atoms with Gasteiger partial charge in [0, 0.05) is 11.8 Å². The highest BCUT2D eigenvalue weighted by molar-refractivity contribution is 5.75. The molecule has 1 aromatic rings. The fourth-order valence-corrected chi connectivity index (χ4v) is 3.42. The minimum atomic E-state index is -1.43. The molecule has 3 N–H and O–H groups in total. The standard InChI is InChI=1S/C28H43NO11/c1-15(2)12-35-26(32)38-19(8)18(7)23(24(29)25(30)31)20-9-10-21(39-27(33)36-13-16(3)4)22(11-20)40-28(34)37-14-17(5)6/h9-11,15-19,23-24H,12-14,29H2,1-8H3,(H,30,31)/t18?,19?,23?,24-/m0/s1. The molecule has 0 aliphatic heterocycles. The molecule has 0 aliphatic carbocycles. The second-order valence-electron chi connectivity index (χ2n) is 10.8. The number of rotatable bonds is 14. The molecule has 0 aliphatic rings. The van der Waals surface area contributed by atoms with E-state index in [1.54, 1.807) is 13.8 Å².